The summed E-state index contributed by atoms with van der Waals surface area (Å²) in [4.78, 5) is 4.70. The molecule has 0 bridgehead atoms. The van der Waals surface area contributed by atoms with Gasteiger partial charge >= 0.3 is 0 Å². The number of hydrogen-bond acceptors (Lipinski definition) is 2. The van der Waals surface area contributed by atoms with Crippen molar-refractivity contribution < 1.29 is 0 Å². The number of hydrogen-bond donors (Lipinski definition) is 1. The van der Waals surface area contributed by atoms with Gasteiger partial charge in [-0.1, -0.05) is 91.0 Å². The zero-order chi connectivity index (χ0) is 19.2. The van der Waals surface area contributed by atoms with Gasteiger partial charge < -0.3 is 10.3 Å². The molecule has 0 radical (unpaired) electrons. The lowest BCUT2D eigenvalue weighted by Crippen LogP contribution is -2.38. The minimum atomic E-state index is -0.496. The van der Waals surface area contributed by atoms with Crippen LogP contribution in [0.4, 0.5) is 0 Å². The Morgan fingerprint density at radius 3 is 1.61 bits per heavy atom. The highest BCUT2D eigenvalue weighted by Gasteiger charge is 2.39. The fourth-order valence-electron chi connectivity index (χ4n) is 4.04. The third-order valence-electron chi connectivity index (χ3n) is 5.26. The number of aryl methyl sites for hydroxylation is 1. The molecular weight excluding hydrogens is 342 g/mol. The van der Waals surface area contributed by atoms with Crippen molar-refractivity contribution in [3.8, 4) is 0 Å². The second-order valence-corrected chi connectivity index (χ2v) is 6.91. The van der Waals surface area contributed by atoms with Crippen LogP contribution in [0.2, 0.25) is 0 Å². The number of nitrogens with zero attached hydrogens (tertiary/aromatic N) is 2. The third kappa shape index (κ3) is 3.14. The van der Waals surface area contributed by atoms with Crippen molar-refractivity contribution >= 4 is 0 Å². The van der Waals surface area contributed by atoms with Crippen molar-refractivity contribution in [1.29, 1.82) is 0 Å². The van der Waals surface area contributed by atoms with Crippen molar-refractivity contribution in [3.05, 3.63) is 126 Å². The maximum absolute atomic E-state index is 5.80. The Morgan fingerprint density at radius 1 is 0.714 bits per heavy atom. The third-order valence-corrected chi connectivity index (χ3v) is 5.26. The van der Waals surface area contributed by atoms with Gasteiger partial charge in [-0.25, -0.2) is 4.98 Å². The Hall–Kier alpha value is -3.17. The van der Waals surface area contributed by atoms with E-state index in [1.807, 2.05) is 6.20 Å². The fourth-order valence-corrected chi connectivity index (χ4v) is 4.04. The van der Waals surface area contributed by atoms with E-state index < -0.39 is 5.54 Å². The fraction of sp³-hybridized carbons (Fsp3) is 0.160. The summed E-state index contributed by atoms with van der Waals surface area (Å²) >= 11 is 0. The van der Waals surface area contributed by atoms with Crippen LogP contribution in [0.5, 0.6) is 0 Å². The largest absolute Gasteiger partial charge is 0.330 e. The molecule has 0 fully saturated rings. The normalized spacial score (nSPS) is 11.5. The van der Waals surface area contributed by atoms with E-state index in [0.29, 0.717) is 6.54 Å². The Balaban J connectivity index is 2.07. The first-order valence-electron chi connectivity index (χ1n) is 9.76. The molecule has 1 aromatic heterocycles. The molecule has 140 valence electrons. The monoisotopic (exact) mass is 367 g/mol. The molecule has 2 N–H and O–H groups in total. The molecule has 0 saturated heterocycles. The van der Waals surface area contributed by atoms with Crippen LogP contribution in [0.1, 0.15) is 28.9 Å². The van der Waals surface area contributed by atoms with E-state index in [-0.39, 0.29) is 0 Å². The molecular formula is C25H25N3. The molecule has 0 unspecified atom stereocenters. The van der Waals surface area contributed by atoms with Crippen molar-refractivity contribution in [2.75, 3.05) is 6.54 Å². The summed E-state index contributed by atoms with van der Waals surface area (Å²) in [5.41, 5.74) is 8.93. The molecule has 0 atom stereocenters. The predicted octanol–water partition coefficient (Wildman–Crippen LogP) is 4.61. The zero-order valence-corrected chi connectivity index (χ0v) is 15.9. The smallest absolute Gasteiger partial charge is 0.121 e. The molecule has 0 saturated carbocycles. The molecule has 3 heteroatoms. The van der Waals surface area contributed by atoms with Crippen LogP contribution in [0.3, 0.4) is 0 Å². The van der Waals surface area contributed by atoms with Crippen molar-refractivity contribution in [1.82, 2.24) is 9.55 Å². The van der Waals surface area contributed by atoms with Gasteiger partial charge in [0.05, 0.1) is 0 Å². The maximum atomic E-state index is 5.80. The summed E-state index contributed by atoms with van der Waals surface area (Å²) in [6, 6.07) is 32.0. The lowest BCUT2D eigenvalue weighted by Gasteiger charge is -2.38. The number of nitrogens with two attached hydrogens (primary N) is 1. The van der Waals surface area contributed by atoms with Gasteiger partial charge in [0.1, 0.15) is 11.4 Å². The van der Waals surface area contributed by atoms with Crippen molar-refractivity contribution in [2.24, 2.45) is 5.73 Å². The molecule has 1 heterocycles. The molecule has 0 amide bonds. The quantitative estimate of drug-likeness (QED) is 0.485. The van der Waals surface area contributed by atoms with Gasteiger partial charge in [-0.05, 0) is 29.7 Å². The summed E-state index contributed by atoms with van der Waals surface area (Å²) in [5.74, 6) is 1.04. The molecule has 4 rings (SSSR count). The average Bonchev–Trinajstić information content (AvgIpc) is 3.24. The summed E-state index contributed by atoms with van der Waals surface area (Å²) < 4.78 is 2.32. The minimum Gasteiger partial charge on any atom is -0.330 e. The predicted molar refractivity (Wildman–Crippen MR) is 114 cm³/mol. The molecule has 4 aromatic rings. The van der Waals surface area contributed by atoms with Crippen molar-refractivity contribution in [2.45, 2.75) is 18.4 Å². The second kappa shape index (κ2) is 8.24. The van der Waals surface area contributed by atoms with Crippen LogP contribution in [0, 0.1) is 0 Å². The number of aromatic nitrogens is 2. The topological polar surface area (TPSA) is 43.8 Å². The van der Waals surface area contributed by atoms with Gasteiger partial charge in [0.25, 0.3) is 0 Å². The van der Waals surface area contributed by atoms with E-state index >= 15 is 0 Å². The van der Waals surface area contributed by atoms with E-state index in [1.54, 1.807) is 0 Å². The van der Waals surface area contributed by atoms with Crippen LogP contribution >= 0.6 is 0 Å². The van der Waals surface area contributed by atoms with E-state index in [1.165, 1.54) is 16.7 Å². The molecule has 0 aliphatic rings. The molecule has 0 aliphatic carbocycles. The van der Waals surface area contributed by atoms with Gasteiger partial charge in [0.15, 0.2) is 0 Å². The highest BCUT2D eigenvalue weighted by Crippen LogP contribution is 2.41. The van der Waals surface area contributed by atoms with Crippen molar-refractivity contribution in [3.63, 3.8) is 0 Å². The Labute approximate surface area is 166 Å². The molecule has 3 aromatic carbocycles. The SMILES string of the molecule is NCCCc1nccn1C(c1ccccc1)(c1ccccc1)c1ccccc1. The maximum Gasteiger partial charge on any atom is 0.121 e. The highest BCUT2D eigenvalue weighted by atomic mass is 15.1. The summed E-state index contributed by atoms with van der Waals surface area (Å²) in [5, 5.41) is 0. The summed E-state index contributed by atoms with van der Waals surface area (Å²) in [7, 11) is 0. The Morgan fingerprint density at radius 2 is 1.18 bits per heavy atom. The van der Waals surface area contributed by atoms with E-state index in [2.05, 4.69) is 102 Å². The summed E-state index contributed by atoms with van der Waals surface area (Å²) in [6.07, 6.45) is 5.75. The van der Waals surface area contributed by atoms with E-state index in [9.17, 15) is 0 Å². The van der Waals surface area contributed by atoms with Crippen LogP contribution in [-0.4, -0.2) is 16.1 Å². The van der Waals surface area contributed by atoms with Gasteiger partial charge in [0.2, 0.25) is 0 Å². The molecule has 0 spiro atoms. The highest BCUT2D eigenvalue weighted by molar-refractivity contribution is 5.51. The van der Waals surface area contributed by atoms with Crippen LogP contribution < -0.4 is 5.73 Å². The van der Waals surface area contributed by atoms with Gasteiger partial charge in [-0.15, -0.1) is 0 Å². The van der Waals surface area contributed by atoms with Crippen LogP contribution in [0.25, 0.3) is 0 Å². The standard InChI is InChI=1S/C25H25N3/c26-18-10-17-24-27-19-20-28(24)25(21-11-4-1-5-12-21,22-13-6-2-7-14-22)23-15-8-3-9-16-23/h1-9,11-16,19-20H,10,17-18,26H2. The molecule has 28 heavy (non-hydrogen) atoms. The summed E-state index contributed by atoms with van der Waals surface area (Å²) in [6.45, 7) is 0.655. The first-order chi connectivity index (χ1) is 13.9. The number of imidazole rings is 1. The van der Waals surface area contributed by atoms with E-state index in [0.717, 1.165) is 18.7 Å². The Bertz CT molecular complexity index is 895. The second-order valence-electron chi connectivity index (χ2n) is 6.91. The number of benzene rings is 3. The van der Waals surface area contributed by atoms with Gasteiger partial charge in [-0.2, -0.15) is 0 Å². The molecule has 3 nitrogen and oxygen atoms in total. The zero-order valence-electron chi connectivity index (χ0n) is 15.9. The first-order valence-corrected chi connectivity index (χ1v) is 9.76. The first kappa shape index (κ1) is 18.2. The number of rotatable bonds is 7. The Kier molecular flexibility index (Phi) is 5.36. The molecule has 0 aliphatic heterocycles. The van der Waals surface area contributed by atoms with E-state index in [4.69, 9.17) is 10.7 Å². The lowest BCUT2D eigenvalue weighted by molar-refractivity contribution is 0.489. The van der Waals surface area contributed by atoms with Gasteiger partial charge in [0, 0.05) is 18.8 Å². The van der Waals surface area contributed by atoms with Crippen LogP contribution in [-0.2, 0) is 12.0 Å². The minimum absolute atomic E-state index is 0.496. The lowest BCUT2D eigenvalue weighted by atomic mass is 9.76. The van der Waals surface area contributed by atoms with Gasteiger partial charge in [-0.3, -0.25) is 0 Å². The average molecular weight is 367 g/mol. The van der Waals surface area contributed by atoms with Crippen LogP contribution in [0.15, 0.2) is 103 Å².